The topological polar surface area (TPSA) is 42.2 Å². The molecular weight excluding hydrogens is 294 g/mol. The second-order valence-electron chi connectivity index (χ2n) is 5.20. The van der Waals surface area contributed by atoms with Gasteiger partial charge in [0.15, 0.2) is 0 Å². The zero-order chi connectivity index (χ0) is 13.3. The van der Waals surface area contributed by atoms with Crippen molar-refractivity contribution in [2.75, 3.05) is 6.54 Å². The van der Waals surface area contributed by atoms with Gasteiger partial charge in [-0.1, -0.05) is 15.9 Å². The molecule has 0 spiro atoms. The van der Waals surface area contributed by atoms with Crippen LogP contribution in [0.25, 0.3) is 0 Å². The maximum absolute atomic E-state index is 12.2. The van der Waals surface area contributed by atoms with Crippen molar-refractivity contribution in [1.82, 2.24) is 5.32 Å². The lowest BCUT2D eigenvalue weighted by Gasteiger charge is -2.11. The molecule has 1 heterocycles. The number of furan rings is 1. The van der Waals surface area contributed by atoms with E-state index in [-0.39, 0.29) is 5.91 Å². The average Bonchev–Trinajstić information content (AvgIpc) is 2.82. The Bertz CT molecular complexity index is 453. The third kappa shape index (κ3) is 2.79. The van der Waals surface area contributed by atoms with E-state index < -0.39 is 0 Å². The van der Waals surface area contributed by atoms with Crippen molar-refractivity contribution in [2.45, 2.75) is 44.9 Å². The molecule has 1 fully saturated rings. The monoisotopic (exact) mass is 313 g/mol. The molecule has 0 aromatic carbocycles. The molecule has 3 nitrogen and oxygen atoms in total. The number of alkyl halides is 1. The largest absolute Gasteiger partial charge is 0.466 e. The Kier molecular flexibility index (Phi) is 4.15. The summed E-state index contributed by atoms with van der Waals surface area (Å²) in [6, 6.07) is 0. The third-order valence-electron chi connectivity index (χ3n) is 3.82. The maximum Gasteiger partial charge on any atom is 0.255 e. The Balaban J connectivity index is 1.95. The summed E-state index contributed by atoms with van der Waals surface area (Å²) in [5.41, 5.74) is 1.66. The van der Waals surface area contributed by atoms with Crippen LogP contribution in [0.2, 0.25) is 0 Å². The van der Waals surface area contributed by atoms with E-state index in [0.29, 0.717) is 22.1 Å². The Morgan fingerprint density at radius 2 is 2.06 bits per heavy atom. The molecule has 2 unspecified atom stereocenters. The van der Waals surface area contributed by atoms with Crippen LogP contribution in [0.3, 0.4) is 0 Å². The van der Waals surface area contributed by atoms with Gasteiger partial charge in [0.25, 0.3) is 5.91 Å². The molecule has 0 bridgehead atoms. The minimum atomic E-state index is -0.000118. The van der Waals surface area contributed by atoms with Crippen molar-refractivity contribution in [3.63, 3.8) is 0 Å². The van der Waals surface area contributed by atoms with Crippen LogP contribution >= 0.6 is 15.9 Å². The summed E-state index contributed by atoms with van der Waals surface area (Å²) in [6.45, 7) is 6.44. The van der Waals surface area contributed by atoms with Crippen molar-refractivity contribution in [2.24, 2.45) is 5.92 Å². The molecule has 1 amide bonds. The van der Waals surface area contributed by atoms with E-state index in [4.69, 9.17) is 4.42 Å². The van der Waals surface area contributed by atoms with Crippen LogP contribution in [-0.2, 0) is 0 Å². The number of hydrogen-bond donors (Lipinski definition) is 1. The van der Waals surface area contributed by atoms with Crippen LogP contribution < -0.4 is 5.32 Å². The number of rotatable bonds is 3. The molecule has 1 aromatic rings. The molecule has 1 aromatic heterocycles. The Hall–Kier alpha value is -0.770. The highest BCUT2D eigenvalue weighted by molar-refractivity contribution is 9.09. The predicted octanol–water partition coefficient (Wildman–Crippen LogP) is 3.50. The Labute approximate surface area is 116 Å². The van der Waals surface area contributed by atoms with Crippen molar-refractivity contribution in [1.29, 1.82) is 0 Å². The van der Waals surface area contributed by atoms with Crippen LogP contribution in [0.15, 0.2) is 4.42 Å². The molecule has 1 aliphatic carbocycles. The van der Waals surface area contributed by atoms with E-state index in [9.17, 15) is 4.79 Å². The molecule has 0 saturated heterocycles. The summed E-state index contributed by atoms with van der Waals surface area (Å²) in [4.78, 5) is 12.8. The van der Waals surface area contributed by atoms with Crippen LogP contribution in [0, 0.1) is 26.7 Å². The number of hydrogen-bond acceptors (Lipinski definition) is 2. The first-order chi connectivity index (χ1) is 8.49. The molecule has 1 N–H and O–H groups in total. The lowest BCUT2D eigenvalue weighted by Crippen LogP contribution is -2.29. The zero-order valence-corrected chi connectivity index (χ0v) is 12.8. The van der Waals surface area contributed by atoms with E-state index in [2.05, 4.69) is 21.2 Å². The van der Waals surface area contributed by atoms with Gasteiger partial charge < -0.3 is 9.73 Å². The molecule has 0 aliphatic heterocycles. The second-order valence-corrected chi connectivity index (χ2v) is 6.50. The summed E-state index contributed by atoms with van der Waals surface area (Å²) in [6.07, 6.45) is 3.56. The maximum atomic E-state index is 12.2. The average molecular weight is 314 g/mol. The standard InChI is InChI=1S/C14H20BrNO2/c1-8-9(2)18-10(3)13(8)14(17)16-7-11-4-5-12(15)6-11/h11-12H,4-7H2,1-3H3,(H,16,17). The molecule has 1 aliphatic rings. The third-order valence-corrected chi connectivity index (χ3v) is 4.65. The highest BCUT2D eigenvalue weighted by atomic mass is 79.9. The highest BCUT2D eigenvalue weighted by Gasteiger charge is 2.24. The van der Waals surface area contributed by atoms with E-state index in [1.54, 1.807) is 0 Å². The van der Waals surface area contributed by atoms with Gasteiger partial charge in [-0.05, 0) is 46.0 Å². The van der Waals surface area contributed by atoms with Gasteiger partial charge in [-0.2, -0.15) is 0 Å². The summed E-state index contributed by atoms with van der Waals surface area (Å²) in [7, 11) is 0. The van der Waals surface area contributed by atoms with Gasteiger partial charge in [-0.3, -0.25) is 4.79 Å². The number of nitrogens with one attached hydrogen (secondary N) is 1. The number of halogens is 1. The fourth-order valence-electron chi connectivity index (χ4n) is 2.65. The second kappa shape index (κ2) is 5.47. The molecule has 2 atom stereocenters. The Morgan fingerprint density at radius 3 is 2.56 bits per heavy atom. The first-order valence-corrected chi connectivity index (χ1v) is 7.39. The van der Waals surface area contributed by atoms with Crippen molar-refractivity contribution < 1.29 is 9.21 Å². The molecule has 4 heteroatoms. The van der Waals surface area contributed by atoms with Gasteiger partial charge >= 0.3 is 0 Å². The number of carbonyl (C=O) groups is 1. The highest BCUT2D eigenvalue weighted by Crippen LogP contribution is 2.30. The molecule has 100 valence electrons. The number of aryl methyl sites for hydroxylation is 2. The van der Waals surface area contributed by atoms with Crippen molar-refractivity contribution >= 4 is 21.8 Å². The normalized spacial score (nSPS) is 23.3. The quantitative estimate of drug-likeness (QED) is 0.868. The van der Waals surface area contributed by atoms with Crippen LogP contribution in [0.1, 0.15) is 46.7 Å². The van der Waals surface area contributed by atoms with Gasteiger partial charge in [0.1, 0.15) is 11.5 Å². The zero-order valence-electron chi connectivity index (χ0n) is 11.2. The van der Waals surface area contributed by atoms with E-state index in [1.165, 1.54) is 12.8 Å². The summed E-state index contributed by atoms with van der Waals surface area (Å²) in [5.74, 6) is 2.15. The van der Waals surface area contributed by atoms with Gasteiger partial charge in [0, 0.05) is 16.9 Å². The SMILES string of the molecule is Cc1oc(C)c(C(=O)NCC2CCC(Br)C2)c1C. The minimum Gasteiger partial charge on any atom is -0.466 e. The fraction of sp³-hybridized carbons (Fsp3) is 0.643. The Morgan fingerprint density at radius 1 is 1.33 bits per heavy atom. The van der Waals surface area contributed by atoms with Gasteiger partial charge in [0.05, 0.1) is 5.56 Å². The molecule has 2 rings (SSSR count). The first kappa shape index (κ1) is 13.7. The van der Waals surface area contributed by atoms with Gasteiger partial charge in [0.2, 0.25) is 0 Å². The van der Waals surface area contributed by atoms with Crippen molar-refractivity contribution in [3.8, 4) is 0 Å². The van der Waals surface area contributed by atoms with E-state index >= 15 is 0 Å². The molecule has 18 heavy (non-hydrogen) atoms. The molecule has 0 radical (unpaired) electrons. The van der Waals surface area contributed by atoms with Gasteiger partial charge in [-0.15, -0.1) is 0 Å². The predicted molar refractivity (Wildman–Crippen MR) is 75.3 cm³/mol. The van der Waals surface area contributed by atoms with Crippen LogP contribution in [0.4, 0.5) is 0 Å². The van der Waals surface area contributed by atoms with Crippen LogP contribution in [0.5, 0.6) is 0 Å². The lowest BCUT2D eigenvalue weighted by molar-refractivity contribution is 0.0945. The smallest absolute Gasteiger partial charge is 0.255 e. The molecular formula is C14H20BrNO2. The summed E-state index contributed by atoms with van der Waals surface area (Å²) < 4.78 is 5.49. The van der Waals surface area contributed by atoms with Crippen LogP contribution in [-0.4, -0.2) is 17.3 Å². The van der Waals surface area contributed by atoms with Gasteiger partial charge in [-0.25, -0.2) is 0 Å². The minimum absolute atomic E-state index is 0.000118. The van der Waals surface area contributed by atoms with E-state index in [1.807, 2.05) is 20.8 Å². The summed E-state index contributed by atoms with van der Waals surface area (Å²) in [5, 5.41) is 3.04. The lowest BCUT2D eigenvalue weighted by atomic mass is 10.1. The van der Waals surface area contributed by atoms with Crippen molar-refractivity contribution in [3.05, 3.63) is 22.6 Å². The molecule has 1 saturated carbocycles. The first-order valence-electron chi connectivity index (χ1n) is 6.48. The summed E-state index contributed by atoms with van der Waals surface area (Å²) >= 11 is 3.63. The number of amides is 1. The van der Waals surface area contributed by atoms with E-state index in [0.717, 1.165) is 24.3 Å². The fourth-order valence-corrected chi connectivity index (χ4v) is 3.45. The number of carbonyl (C=O) groups excluding carboxylic acids is 1.